The molecule has 1 aliphatic carbocycles. The Bertz CT molecular complexity index is 541. The van der Waals surface area contributed by atoms with Crippen molar-refractivity contribution >= 4 is 0 Å². The molecule has 112 valence electrons. The van der Waals surface area contributed by atoms with Gasteiger partial charge in [0.1, 0.15) is 0 Å². The zero-order valence-corrected chi connectivity index (χ0v) is 12.6. The molecule has 0 radical (unpaired) electrons. The van der Waals surface area contributed by atoms with Gasteiger partial charge in [0, 0.05) is 30.4 Å². The van der Waals surface area contributed by atoms with Gasteiger partial charge < -0.3 is 10.3 Å². The van der Waals surface area contributed by atoms with Gasteiger partial charge in [-0.15, -0.1) is 0 Å². The van der Waals surface area contributed by atoms with Crippen LogP contribution in [0.25, 0.3) is 0 Å². The molecule has 3 rings (SSSR count). The summed E-state index contributed by atoms with van der Waals surface area (Å²) in [6.45, 7) is 0.960. The topological polar surface area (TPSA) is 43.8 Å². The summed E-state index contributed by atoms with van der Waals surface area (Å²) in [4.78, 5) is 4.37. The predicted molar refractivity (Wildman–Crippen MR) is 86.0 cm³/mol. The molecule has 3 heteroatoms. The Hall–Kier alpha value is -1.61. The largest absolute Gasteiger partial charge is 0.334 e. The molecule has 0 aliphatic heterocycles. The lowest BCUT2D eigenvalue weighted by atomic mass is 9.87. The van der Waals surface area contributed by atoms with Crippen molar-refractivity contribution in [1.82, 2.24) is 9.55 Å². The van der Waals surface area contributed by atoms with Crippen LogP contribution in [0.15, 0.2) is 42.9 Å². The highest BCUT2D eigenvalue weighted by atomic mass is 15.0. The molecule has 1 atom stereocenters. The van der Waals surface area contributed by atoms with Crippen molar-refractivity contribution in [2.24, 2.45) is 5.73 Å². The lowest BCUT2D eigenvalue weighted by molar-refractivity contribution is 0.418. The molecule has 1 saturated carbocycles. The van der Waals surface area contributed by atoms with Gasteiger partial charge in [-0.3, -0.25) is 0 Å². The van der Waals surface area contributed by atoms with Crippen molar-refractivity contribution in [2.75, 3.05) is 0 Å². The van der Waals surface area contributed by atoms with Crippen molar-refractivity contribution in [2.45, 2.75) is 57.0 Å². The Morgan fingerprint density at radius 2 is 1.90 bits per heavy atom. The third-order valence-corrected chi connectivity index (χ3v) is 4.68. The first-order valence-corrected chi connectivity index (χ1v) is 8.15. The quantitative estimate of drug-likeness (QED) is 0.900. The maximum atomic E-state index is 6.31. The van der Waals surface area contributed by atoms with E-state index in [-0.39, 0.29) is 6.04 Å². The van der Waals surface area contributed by atoms with E-state index in [9.17, 15) is 0 Å². The maximum absolute atomic E-state index is 6.31. The smallest absolute Gasteiger partial charge is 0.0948 e. The van der Waals surface area contributed by atoms with E-state index in [0.717, 1.165) is 13.0 Å². The molecule has 1 unspecified atom stereocenters. The number of rotatable bonds is 5. The Kier molecular flexibility index (Phi) is 4.71. The van der Waals surface area contributed by atoms with Crippen LogP contribution in [0.1, 0.15) is 61.7 Å². The van der Waals surface area contributed by atoms with Crippen molar-refractivity contribution < 1.29 is 0 Å². The molecule has 0 bridgehead atoms. The van der Waals surface area contributed by atoms with Crippen LogP contribution in [-0.4, -0.2) is 9.55 Å². The zero-order chi connectivity index (χ0) is 14.5. The van der Waals surface area contributed by atoms with Gasteiger partial charge in [-0.2, -0.15) is 0 Å². The molecule has 21 heavy (non-hydrogen) atoms. The molecule has 1 fully saturated rings. The Labute approximate surface area is 127 Å². The molecule has 0 amide bonds. The van der Waals surface area contributed by atoms with Gasteiger partial charge in [0.05, 0.1) is 6.33 Å². The number of nitrogens with zero attached hydrogens (tertiary/aromatic N) is 2. The predicted octanol–water partition coefficient (Wildman–Crippen LogP) is 4.02. The number of hydrogen-bond donors (Lipinski definition) is 1. The number of hydrogen-bond acceptors (Lipinski definition) is 2. The standard InChI is InChI=1S/C18H25N3/c19-17(15-7-3-1-4-8-15)11-12-21-14-20-13-18(21)16-9-5-2-6-10-16/h1,3-4,7-8,13-14,16-17H,2,5-6,9-12,19H2. The molecule has 0 spiro atoms. The fourth-order valence-electron chi connectivity index (χ4n) is 3.40. The number of benzene rings is 1. The SMILES string of the molecule is NC(CCn1cncc1C1CCCCC1)c1ccccc1. The average molecular weight is 283 g/mol. The second-order valence-electron chi connectivity index (χ2n) is 6.15. The van der Waals surface area contributed by atoms with E-state index >= 15 is 0 Å². The van der Waals surface area contributed by atoms with Gasteiger partial charge in [0.15, 0.2) is 0 Å². The highest BCUT2D eigenvalue weighted by molar-refractivity contribution is 5.18. The van der Waals surface area contributed by atoms with Crippen molar-refractivity contribution in [3.63, 3.8) is 0 Å². The summed E-state index contributed by atoms with van der Waals surface area (Å²) in [7, 11) is 0. The first-order chi connectivity index (χ1) is 10.3. The molecule has 2 aromatic rings. The van der Waals surface area contributed by atoms with Gasteiger partial charge >= 0.3 is 0 Å². The number of aromatic nitrogens is 2. The summed E-state index contributed by atoms with van der Waals surface area (Å²) in [5, 5.41) is 0. The van der Waals surface area contributed by atoms with Gasteiger partial charge in [-0.05, 0) is 24.8 Å². The van der Waals surface area contributed by atoms with E-state index < -0.39 is 0 Å². The third-order valence-electron chi connectivity index (χ3n) is 4.68. The number of nitrogens with two attached hydrogens (primary N) is 1. The fraction of sp³-hybridized carbons (Fsp3) is 0.500. The van der Waals surface area contributed by atoms with E-state index in [4.69, 9.17) is 5.73 Å². The normalized spacial score (nSPS) is 17.8. The van der Waals surface area contributed by atoms with E-state index in [1.807, 2.05) is 12.4 Å². The van der Waals surface area contributed by atoms with E-state index in [1.165, 1.54) is 43.4 Å². The van der Waals surface area contributed by atoms with Gasteiger partial charge in [-0.1, -0.05) is 49.6 Å². The minimum atomic E-state index is 0.104. The summed E-state index contributed by atoms with van der Waals surface area (Å²) in [5.41, 5.74) is 8.94. The Balaban J connectivity index is 1.62. The van der Waals surface area contributed by atoms with Crippen molar-refractivity contribution in [3.05, 3.63) is 54.1 Å². The average Bonchev–Trinajstić information content (AvgIpc) is 3.03. The van der Waals surface area contributed by atoms with Crippen LogP contribution >= 0.6 is 0 Å². The first kappa shape index (κ1) is 14.3. The second kappa shape index (κ2) is 6.90. The van der Waals surface area contributed by atoms with Crippen LogP contribution in [0, 0.1) is 0 Å². The minimum absolute atomic E-state index is 0.104. The molecule has 3 nitrogen and oxygen atoms in total. The van der Waals surface area contributed by atoms with Crippen LogP contribution in [0.3, 0.4) is 0 Å². The van der Waals surface area contributed by atoms with Crippen LogP contribution in [0.4, 0.5) is 0 Å². The van der Waals surface area contributed by atoms with Crippen LogP contribution in [-0.2, 0) is 6.54 Å². The second-order valence-corrected chi connectivity index (χ2v) is 6.15. The Morgan fingerprint density at radius 1 is 1.14 bits per heavy atom. The third kappa shape index (κ3) is 3.53. The summed E-state index contributed by atoms with van der Waals surface area (Å²) in [6, 6.07) is 10.5. The van der Waals surface area contributed by atoms with E-state index in [2.05, 4.69) is 40.0 Å². The highest BCUT2D eigenvalue weighted by Crippen LogP contribution is 2.32. The fourth-order valence-corrected chi connectivity index (χ4v) is 3.40. The molecule has 1 aromatic carbocycles. The molecular formula is C18H25N3. The summed E-state index contributed by atoms with van der Waals surface area (Å²) in [6.07, 6.45) is 11.7. The van der Waals surface area contributed by atoms with Crippen LogP contribution < -0.4 is 5.73 Å². The number of imidazole rings is 1. The monoisotopic (exact) mass is 283 g/mol. The van der Waals surface area contributed by atoms with Crippen molar-refractivity contribution in [3.8, 4) is 0 Å². The lowest BCUT2D eigenvalue weighted by Gasteiger charge is -2.23. The summed E-state index contributed by atoms with van der Waals surface area (Å²) in [5.74, 6) is 0.703. The minimum Gasteiger partial charge on any atom is -0.334 e. The molecule has 1 aliphatic rings. The molecule has 1 heterocycles. The number of aryl methyl sites for hydroxylation is 1. The molecule has 1 aromatic heterocycles. The molecule has 2 N–H and O–H groups in total. The highest BCUT2D eigenvalue weighted by Gasteiger charge is 2.19. The van der Waals surface area contributed by atoms with Crippen LogP contribution in [0.2, 0.25) is 0 Å². The van der Waals surface area contributed by atoms with Gasteiger partial charge in [-0.25, -0.2) is 4.98 Å². The lowest BCUT2D eigenvalue weighted by Crippen LogP contribution is -2.16. The van der Waals surface area contributed by atoms with Crippen molar-refractivity contribution in [1.29, 1.82) is 0 Å². The zero-order valence-electron chi connectivity index (χ0n) is 12.6. The van der Waals surface area contributed by atoms with E-state index in [1.54, 1.807) is 0 Å². The summed E-state index contributed by atoms with van der Waals surface area (Å²) >= 11 is 0. The van der Waals surface area contributed by atoms with E-state index in [0.29, 0.717) is 5.92 Å². The van der Waals surface area contributed by atoms with Gasteiger partial charge in [0.25, 0.3) is 0 Å². The maximum Gasteiger partial charge on any atom is 0.0948 e. The first-order valence-electron chi connectivity index (χ1n) is 8.15. The van der Waals surface area contributed by atoms with Gasteiger partial charge in [0.2, 0.25) is 0 Å². The van der Waals surface area contributed by atoms with Crippen LogP contribution in [0.5, 0.6) is 0 Å². The Morgan fingerprint density at radius 3 is 2.67 bits per heavy atom. The molecule has 0 saturated heterocycles. The summed E-state index contributed by atoms with van der Waals surface area (Å²) < 4.78 is 2.32. The molecular weight excluding hydrogens is 258 g/mol.